The first kappa shape index (κ1) is 18.3. The van der Waals surface area contributed by atoms with Gasteiger partial charge in [0.25, 0.3) is 5.91 Å². The molecule has 6 heteroatoms. The topological polar surface area (TPSA) is 54.6 Å². The molecule has 0 aliphatic carbocycles. The summed E-state index contributed by atoms with van der Waals surface area (Å²) < 4.78 is 24.0. The summed E-state index contributed by atoms with van der Waals surface area (Å²) in [5, 5.41) is 0.888. The van der Waals surface area contributed by atoms with Gasteiger partial charge in [0.1, 0.15) is 5.82 Å². The third-order valence-electron chi connectivity index (χ3n) is 5.46. The predicted molar refractivity (Wildman–Crippen MR) is 106 cm³/mol. The largest absolute Gasteiger partial charge is 0.493 e. The van der Waals surface area contributed by atoms with E-state index in [4.69, 9.17) is 9.47 Å². The number of amides is 1. The third-order valence-corrected chi connectivity index (χ3v) is 5.46. The molecule has 0 radical (unpaired) electrons. The molecule has 1 N–H and O–H groups in total. The smallest absolute Gasteiger partial charge is 0.253 e. The summed E-state index contributed by atoms with van der Waals surface area (Å²) in [6.07, 6.45) is 1.74. The molecule has 2 aromatic carbocycles. The van der Waals surface area contributed by atoms with Crippen LogP contribution in [-0.4, -0.2) is 43.1 Å². The Morgan fingerprint density at radius 2 is 1.79 bits per heavy atom. The molecule has 2 heterocycles. The number of carbonyl (C=O) groups is 1. The van der Waals surface area contributed by atoms with E-state index in [-0.39, 0.29) is 11.7 Å². The van der Waals surface area contributed by atoms with Crippen molar-refractivity contribution >= 4 is 16.8 Å². The summed E-state index contributed by atoms with van der Waals surface area (Å²) in [7, 11) is 3.13. The molecule has 1 aliphatic heterocycles. The van der Waals surface area contributed by atoms with Gasteiger partial charge in [-0.05, 0) is 55.3 Å². The zero-order valence-electron chi connectivity index (χ0n) is 16.0. The van der Waals surface area contributed by atoms with Gasteiger partial charge in [0.2, 0.25) is 0 Å². The lowest BCUT2D eigenvalue weighted by molar-refractivity contribution is 0.0712. The molecule has 0 saturated carbocycles. The lowest BCUT2D eigenvalue weighted by Crippen LogP contribution is -2.38. The van der Waals surface area contributed by atoms with E-state index in [1.807, 2.05) is 11.0 Å². The number of rotatable bonds is 4. The highest BCUT2D eigenvalue weighted by atomic mass is 19.1. The molecule has 1 fully saturated rings. The van der Waals surface area contributed by atoms with E-state index in [1.165, 1.54) is 6.07 Å². The molecule has 146 valence electrons. The SMILES string of the molecule is COc1ccc(C(=O)N2CCC(c3cc4cc(F)ccc4[nH]3)CC2)cc1OC. The van der Waals surface area contributed by atoms with Crippen LogP contribution in [0.1, 0.15) is 34.8 Å². The number of piperidine rings is 1. The van der Waals surface area contributed by atoms with Crippen LogP contribution in [0.25, 0.3) is 10.9 Å². The summed E-state index contributed by atoms with van der Waals surface area (Å²) in [6, 6.07) is 12.0. The fourth-order valence-electron chi connectivity index (χ4n) is 3.89. The van der Waals surface area contributed by atoms with E-state index in [2.05, 4.69) is 4.98 Å². The number of aromatic nitrogens is 1. The van der Waals surface area contributed by atoms with Gasteiger partial charge < -0.3 is 19.4 Å². The van der Waals surface area contributed by atoms with Crippen molar-refractivity contribution in [2.24, 2.45) is 0 Å². The van der Waals surface area contributed by atoms with E-state index < -0.39 is 0 Å². The zero-order valence-corrected chi connectivity index (χ0v) is 16.0. The number of carbonyl (C=O) groups excluding carboxylic acids is 1. The average Bonchev–Trinajstić information content (AvgIpc) is 3.16. The highest BCUT2D eigenvalue weighted by Gasteiger charge is 2.26. The summed E-state index contributed by atoms with van der Waals surface area (Å²) in [5.41, 5.74) is 2.65. The van der Waals surface area contributed by atoms with Crippen molar-refractivity contribution in [2.45, 2.75) is 18.8 Å². The van der Waals surface area contributed by atoms with Gasteiger partial charge in [-0.2, -0.15) is 0 Å². The standard InChI is InChI=1S/C22H23FN2O3/c1-27-20-6-3-15(13-21(20)28-2)22(26)25-9-7-14(8-10-25)19-12-16-11-17(23)4-5-18(16)24-19/h3-6,11-14,24H,7-10H2,1-2H3. The van der Waals surface area contributed by atoms with Gasteiger partial charge in [-0.15, -0.1) is 0 Å². The van der Waals surface area contributed by atoms with Crippen LogP contribution in [-0.2, 0) is 0 Å². The maximum atomic E-state index is 13.4. The van der Waals surface area contributed by atoms with Crippen LogP contribution in [0.3, 0.4) is 0 Å². The fourth-order valence-corrected chi connectivity index (χ4v) is 3.89. The molecule has 1 amide bonds. The minimum atomic E-state index is -0.228. The Balaban J connectivity index is 1.45. The van der Waals surface area contributed by atoms with Crippen LogP contribution >= 0.6 is 0 Å². The van der Waals surface area contributed by atoms with Gasteiger partial charge in [0.15, 0.2) is 11.5 Å². The van der Waals surface area contributed by atoms with Crippen molar-refractivity contribution in [3.63, 3.8) is 0 Å². The number of fused-ring (bicyclic) bond motifs is 1. The first-order chi connectivity index (χ1) is 13.6. The van der Waals surface area contributed by atoms with E-state index in [0.29, 0.717) is 36.1 Å². The molecule has 0 spiro atoms. The van der Waals surface area contributed by atoms with Gasteiger partial charge in [-0.25, -0.2) is 4.39 Å². The Morgan fingerprint density at radius 3 is 2.50 bits per heavy atom. The number of nitrogens with one attached hydrogen (secondary N) is 1. The number of likely N-dealkylation sites (tertiary alicyclic amines) is 1. The number of halogens is 1. The van der Waals surface area contributed by atoms with E-state index in [9.17, 15) is 9.18 Å². The molecule has 0 unspecified atom stereocenters. The number of ether oxygens (including phenoxy) is 2. The number of methoxy groups -OCH3 is 2. The maximum absolute atomic E-state index is 13.4. The lowest BCUT2D eigenvalue weighted by atomic mass is 9.93. The first-order valence-corrected chi connectivity index (χ1v) is 9.38. The normalized spacial score (nSPS) is 15.0. The molecular weight excluding hydrogens is 359 g/mol. The summed E-state index contributed by atoms with van der Waals surface area (Å²) in [5.74, 6) is 1.26. The van der Waals surface area contributed by atoms with Gasteiger partial charge in [0.05, 0.1) is 14.2 Å². The predicted octanol–water partition coefficient (Wildman–Crippen LogP) is 4.34. The Bertz CT molecular complexity index is 1010. The number of benzene rings is 2. The number of aromatic amines is 1. The minimum Gasteiger partial charge on any atom is -0.493 e. The monoisotopic (exact) mass is 382 g/mol. The highest BCUT2D eigenvalue weighted by Crippen LogP contribution is 2.32. The molecule has 5 nitrogen and oxygen atoms in total. The molecule has 0 bridgehead atoms. The van der Waals surface area contributed by atoms with E-state index >= 15 is 0 Å². The Morgan fingerprint density at radius 1 is 1.04 bits per heavy atom. The molecule has 28 heavy (non-hydrogen) atoms. The van der Waals surface area contributed by atoms with Crippen molar-refractivity contribution in [1.29, 1.82) is 0 Å². The van der Waals surface area contributed by atoms with Crippen molar-refractivity contribution in [2.75, 3.05) is 27.3 Å². The van der Waals surface area contributed by atoms with Crippen molar-refractivity contribution in [3.8, 4) is 11.5 Å². The third kappa shape index (κ3) is 3.42. The molecule has 1 aliphatic rings. The second-order valence-electron chi connectivity index (χ2n) is 7.09. The molecular formula is C22H23FN2O3. The molecule has 1 saturated heterocycles. The summed E-state index contributed by atoms with van der Waals surface area (Å²) >= 11 is 0. The first-order valence-electron chi connectivity index (χ1n) is 9.38. The second kappa shape index (κ2) is 7.54. The molecule has 3 aromatic rings. The van der Waals surface area contributed by atoms with Crippen LogP contribution in [0.4, 0.5) is 4.39 Å². The highest BCUT2D eigenvalue weighted by molar-refractivity contribution is 5.95. The second-order valence-corrected chi connectivity index (χ2v) is 7.09. The van der Waals surface area contributed by atoms with Crippen molar-refractivity contribution < 1.29 is 18.7 Å². The van der Waals surface area contributed by atoms with Gasteiger partial charge in [-0.1, -0.05) is 0 Å². The van der Waals surface area contributed by atoms with Crippen molar-refractivity contribution in [3.05, 3.63) is 59.5 Å². The van der Waals surface area contributed by atoms with E-state index in [0.717, 1.165) is 29.4 Å². The van der Waals surface area contributed by atoms with Gasteiger partial charge in [0, 0.05) is 41.2 Å². The number of H-pyrrole nitrogens is 1. The summed E-state index contributed by atoms with van der Waals surface area (Å²) in [6.45, 7) is 1.36. The maximum Gasteiger partial charge on any atom is 0.253 e. The van der Waals surface area contributed by atoms with E-state index in [1.54, 1.807) is 44.6 Å². The number of hydrogen-bond donors (Lipinski definition) is 1. The van der Waals surface area contributed by atoms with Gasteiger partial charge in [-0.3, -0.25) is 4.79 Å². The zero-order chi connectivity index (χ0) is 19.7. The van der Waals surface area contributed by atoms with Crippen LogP contribution in [0.5, 0.6) is 11.5 Å². The lowest BCUT2D eigenvalue weighted by Gasteiger charge is -2.31. The quantitative estimate of drug-likeness (QED) is 0.730. The van der Waals surface area contributed by atoms with Crippen molar-refractivity contribution in [1.82, 2.24) is 9.88 Å². The Kier molecular flexibility index (Phi) is 4.94. The van der Waals surface area contributed by atoms with Gasteiger partial charge >= 0.3 is 0 Å². The number of hydrogen-bond acceptors (Lipinski definition) is 3. The van der Waals surface area contributed by atoms with Crippen LogP contribution in [0.15, 0.2) is 42.5 Å². The summed E-state index contributed by atoms with van der Waals surface area (Å²) in [4.78, 5) is 18.1. The molecule has 1 aromatic heterocycles. The molecule has 4 rings (SSSR count). The number of nitrogens with zero attached hydrogens (tertiary/aromatic N) is 1. The molecule has 0 atom stereocenters. The minimum absolute atomic E-state index is 0.00174. The Labute approximate surface area is 163 Å². The van der Waals surface area contributed by atoms with Crippen LogP contribution in [0, 0.1) is 5.82 Å². The van der Waals surface area contributed by atoms with Crippen LogP contribution in [0.2, 0.25) is 0 Å². The Hall–Kier alpha value is -3.02. The van der Waals surface area contributed by atoms with Crippen LogP contribution < -0.4 is 9.47 Å². The fraction of sp³-hybridized carbons (Fsp3) is 0.318. The average molecular weight is 382 g/mol.